The van der Waals surface area contributed by atoms with Gasteiger partial charge in [-0.15, -0.1) is 0 Å². The number of unbranched alkanes of at least 4 members (excludes halogenated alkanes) is 7. The average molecular weight is 318 g/mol. The second-order valence-corrected chi connectivity index (χ2v) is 5.98. The summed E-state index contributed by atoms with van der Waals surface area (Å²) in [4.78, 5) is 11.5. The Labute approximate surface area is 140 Å². The molecule has 0 radical (unpaired) electrons. The van der Waals surface area contributed by atoms with Crippen molar-refractivity contribution in [1.29, 1.82) is 0 Å². The standard InChI is InChI=1S/C20H30O3/c1-3-5-6-7-8-9-10-11-12-19(23-20(22)4-2)17-13-15-18(21)16-14-17/h4,13-16,19,21H,2-3,5-12H2,1H3. The number of benzene rings is 1. The van der Waals surface area contributed by atoms with Gasteiger partial charge in [-0.25, -0.2) is 4.79 Å². The van der Waals surface area contributed by atoms with Crippen LogP contribution < -0.4 is 0 Å². The predicted octanol–water partition coefficient (Wildman–Crippen LogP) is 5.69. The number of esters is 1. The molecule has 3 nitrogen and oxygen atoms in total. The molecule has 0 saturated heterocycles. The molecule has 0 spiro atoms. The molecule has 3 heteroatoms. The van der Waals surface area contributed by atoms with E-state index in [0.29, 0.717) is 0 Å². The molecule has 1 N–H and O–H groups in total. The van der Waals surface area contributed by atoms with Crippen LogP contribution in [0.1, 0.15) is 76.4 Å². The van der Waals surface area contributed by atoms with Crippen molar-refractivity contribution in [3.05, 3.63) is 42.5 Å². The molecule has 0 saturated carbocycles. The Bertz CT molecular complexity index is 450. The summed E-state index contributed by atoms with van der Waals surface area (Å²) in [6.07, 6.45) is 11.7. The zero-order chi connectivity index (χ0) is 16.9. The summed E-state index contributed by atoms with van der Waals surface area (Å²) in [6, 6.07) is 6.86. The summed E-state index contributed by atoms with van der Waals surface area (Å²) in [7, 11) is 0. The average Bonchev–Trinajstić information content (AvgIpc) is 2.56. The number of phenolic OH excluding ortho intramolecular Hbond substituents is 1. The van der Waals surface area contributed by atoms with Crippen LogP contribution in [0.5, 0.6) is 5.75 Å². The van der Waals surface area contributed by atoms with Crippen LogP contribution in [0, 0.1) is 0 Å². The minimum Gasteiger partial charge on any atom is -0.508 e. The summed E-state index contributed by atoms with van der Waals surface area (Å²) >= 11 is 0. The maximum atomic E-state index is 11.5. The van der Waals surface area contributed by atoms with E-state index in [1.807, 2.05) is 0 Å². The van der Waals surface area contributed by atoms with E-state index in [1.165, 1.54) is 44.6 Å². The molecular weight excluding hydrogens is 288 g/mol. The van der Waals surface area contributed by atoms with Crippen molar-refractivity contribution in [2.75, 3.05) is 0 Å². The molecule has 0 bridgehead atoms. The van der Waals surface area contributed by atoms with E-state index in [0.717, 1.165) is 24.8 Å². The predicted molar refractivity (Wildman–Crippen MR) is 94.4 cm³/mol. The highest BCUT2D eigenvalue weighted by Crippen LogP contribution is 2.26. The number of hydrogen-bond donors (Lipinski definition) is 1. The molecule has 0 fully saturated rings. The second kappa shape index (κ2) is 11.8. The molecule has 1 rings (SSSR count). The first-order chi connectivity index (χ1) is 11.2. The lowest BCUT2D eigenvalue weighted by molar-refractivity contribution is -0.143. The molecule has 0 aliphatic heterocycles. The van der Waals surface area contributed by atoms with Crippen LogP contribution in [0.3, 0.4) is 0 Å². The second-order valence-electron chi connectivity index (χ2n) is 5.98. The van der Waals surface area contributed by atoms with Crippen molar-refractivity contribution in [3.8, 4) is 5.75 Å². The van der Waals surface area contributed by atoms with Gasteiger partial charge in [-0.2, -0.15) is 0 Å². The highest BCUT2D eigenvalue weighted by atomic mass is 16.5. The fraction of sp³-hybridized carbons (Fsp3) is 0.550. The van der Waals surface area contributed by atoms with E-state index in [9.17, 15) is 9.90 Å². The Kier molecular flexibility index (Phi) is 9.85. The quantitative estimate of drug-likeness (QED) is 0.306. The molecule has 0 aromatic heterocycles. The molecule has 1 aromatic carbocycles. The monoisotopic (exact) mass is 318 g/mol. The molecule has 1 unspecified atom stereocenters. The van der Waals surface area contributed by atoms with Gasteiger partial charge in [-0.3, -0.25) is 0 Å². The van der Waals surface area contributed by atoms with Crippen LogP contribution in [0.25, 0.3) is 0 Å². The van der Waals surface area contributed by atoms with Crippen molar-refractivity contribution >= 4 is 5.97 Å². The molecule has 0 aliphatic carbocycles. The fourth-order valence-electron chi connectivity index (χ4n) is 2.63. The lowest BCUT2D eigenvalue weighted by Gasteiger charge is -2.17. The summed E-state index contributed by atoms with van der Waals surface area (Å²) in [5.41, 5.74) is 0.918. The number of rotatable bonds is 12. The van der Waals surface area contributed by atoms with Crippen molar-refractivity contribution < 1.29 is 14.6 Å². The van der Waals surface area contributed by atoms with Crippen LogP contribution in [0.4, 0.5) is 0 Å². The minimum absolute atomic E-state index is 0.217. The molecule has 0 aliphatic rings. The third kappa shape index (κ3) is 8.44. The Balaban J connectivity index is 2.37. The highest BCUT2D eigenvalue weighted by molar-refractivity contribution is 5.81. The SMILES string of the molecule is C=CC(=O)OC(CCCCCCCCCC)c1ccc(O)cc1. The summed E-state index contributed by atoms with van der Waals surface area (Å²) in [5, 5.41) is 9.38. The summed E-state index contributed by atoms with van der Waals surface area (Å²) in [5.74, 6) is -0.183. The van der Waals surface area contributed by atoms with Crippen LogP contribution in [0.2, 0.25) is 0 Å². The topological polar surface area (TPSA) is 46.5 Å². The van der Waals surface area contributed by atoms with Crippen LogP contribution >= 0.6 is 0 Å². The molecule has 128 valence electrons. The number of carbonyl (C=O) groups is 1. The Morgan fingerprint density at radius 1 is 1.09 bits per heavy atom. The van der Waals surface area contributed by atoms with Gasteiger partial charge in [-0.1, -0.05) is 70.6 Å². The number of hydrogen-bond acceptors (Lipinski definition) is 3. The number of carbonyl (C=O) groups excluding carboxylic acids is 1. The maximum absolute atomic E-state index is 11.5. The lowest BCUT2D eigenvalue weighted by Crippen LogP contribution is -2.09. The molecular formula is C20H30O3. The molecule has 0 heterocycles. The Morgan fingerprint density at radius 2 is 1.65 bits per heavy atom. The van der Waals surface area contributed by atoms with E-state index in [1.54, 1.807) is 24.3 Å². The minimum atomic E-state index is -0.400. The van der Waals surface area contributed by atoms with Crippen molar-refractivity contribution in [1.82, 2.24) is 0 Å². The van der Waals surface area contributed by atoms with Crippen LogP contribution in [-0.4, -0.2) is 11.1 Å². The largest absolute Gasteiger partial charge is 0.508 e. The summed E-state index contributed by atoms with van der Waals surface area (Å²) in [6.45, 7) is 5.68. The molecule has 0 amide bonds. The van der Waals surface area contributed by atoms with Gasteiger partial charge in [0.1, 0.15) is 11.9 Å². The number of ether oxygens (including phenoxy) is 1. The van der Waals surface area contributed by atoms with Gasteiger partial charge in [0.25, 0.3) is 0 Å². The lowest BCUT2D eigenvalue weighted by atomic mass is 10.0. The van der Waals surface area contributed by atoms with Crippen molar-refractivity contribution in [3.63, 3.8) is 0 Å². The molecule has 1 atom stereocenters. The van der Waals surface area contributed by atoms with E-state index in [4.69, 9.17) is 4.74 Å². The smallest absolute Gasteiger partial charge is 0.330 e. The van der Waals surface area contributed by atoms with Gasteiger partial charge in [0.05, 0.1) is 0 Å². The van der Waals surface area contributed by atoms with Gasteiger partial charge < -0.3 is 9.84 Å². The zero-order valence-electron chi connectivity index (χ0n) is 14.3. The maximum Gasteiger partial charge on any atom is 0.330 e. The first-order valence-corrected chi connectivity index (χ1v) is 8.79. The van der Waals surface area contributed by atoms with Gasteiger partial charge >= 0.3 is 5.97 Å². The normalized spacial score (nSPS) is 11.9. The summed E-state index contributed by atoms with van der Waals surface area (Å²) < 4.78 is 5.45. The van der Waals surface area contributed by atoms with Crippen LogP contribution in [-0.2, 0) is 9.53 Å². The third-order valence-corrected chi connectivity index (χ3v) is 4.01. The van der Waals surface area contributed by atoms with Gasteiger partial charge in [0.2, 0.25) is 0 Å². The van der Waals surface area contributed by atoms with Gasteiger partial charge in [0, 0.05) is 6.08 Å². The third-order valence-electron chi connectivity index (χ3n) is 4.01. The number of aromatic hydroxyl groups is 1. The van der Waals surface area contributed by atoms with Crippen molar-refractivity contribution in [2.24, 2.45) is 0 Å². The van der Waals surface area contributed by atoms with Crippen LogP contribution in [0.15, 0.2) is 36.9 Å². The fourth-order valence-corrected chi connectivity index (χ4v) is 2.63. The van der Waals surface area contributed by atoms with Crippen molar-refractivity contribution in [2.45, 2.75) is 70.8 Å². The number of phenols is 1. The first kappa shape index (κ1) is 19.3. The Hall–Kier alpha value is -1.77. The molecule has 23 heavy (non-hydrogen) atoms. The van der Waals surface area contributed by atoms with E-state index < -0.39 is 5.97 Å². The van der Waals surface area contributed by atoms with Gasteiger partial charge in [0.15, 0.2) is 0 Å². The van der Waals surface area contributed by atoms with Gasteiger partial charge in [-0.05, 0) is 30.5 Å². The van der Waals surface area contributed by atoms with E-state index in [2.05, 4.69) is 13.5 Å². The Morgan fingerprint density at radius 3 is 2.22 bits per heavy atom. The highest BCUT2D eigenvalue weighted by Gasteiger charge is 2.15. The zero-order valence-corrected chi connectivity index (χ0v) is 14.3. The first-order valence-electron chi connectivity index (χ1n) is 8.79. The van der Waals surface area contributed by atoms with E-state index >= 15 is 0 Å². The van der Waals surface area contributed by atoms with E-state index in [-0.39, 0.29) is 11.9 Å². The molecule has 1 aromatic rings.